The molecular weight excluding hydrogens is 206 g/mol. The summed E-state index contributed by atoms with van der Waals surface area (Å²) in [7, 11) is 0. The first kappa shape index (κ1) is 12.4. The highest BCUT2D eigenvalue weighted by atomic mass is 32.2. The van der Waals surface area contributed by atoms with Gasteiger partial charge in [0.05, 0.1) is 0 Å². The minimum Gasteiger partial charge on any atom is -0.368 e. The molecule has 1 aromatic heterocycles. The number of nitrogens with one attached hydrogen (secondary N) is 2. The second-order valence-corrected chi connectivity index (χ2v) is 4.90. The van der Waals surface area contributed by atoms with E-state index in [1.807, 2.05) is 11.8 Å². The van der Waals surface area contributed by atoms with Crippen LogP contribution in [0.15, 0.2) is 0 Å². The van der Waals surface area contributed by atoms with Crippen molar-refractivity contribution in [3.05, 3.63) is 11.3 Å². The molecule has 0 aliphatic rings. The summed E-state index contributed by atoms with van der Waals surface area (Å²) in [6, 6.07) is 0. The van der Waals surface area contributed by atoms with Crippen molar-refractivity contribution >= 4 is 17.6 Å². The van der Waals surface area contributed by atoms with E-state index < -0.39 is 0 Å². The van der Waals surface area contributed by atoms with E-state index in [1.165, 1.54) is 29.2 Å². The first-order valence-electron chi connectivity index (χ1n) is 5.65. The van der Waals surface area contributed by atoms with Crippen molar-refractivity contribution in [2.75, 3.05) is 23.4 Å². The molecule has 4 heteroatoms. The lowest BCUT2D eigenvalue weighted by atomic mass is 10.2. The van der Waals surface area contributed by atoms with E-state index in [0.717, 1.165) is 18.8 Å². The predicted octanol–water partition coefficient (Wildman–Crippen LogP) is 2.84. The number of aromatic amines is 1. The number of nitrogens with zero attached hydrogens (tertiary/aromatic N) is 1. The van der Waals surface area contributed by atoms with E-state index in [9.17, 15) is 0 Å². The number of rotatable bonds is 7. The van der Waals surface area contributed by atoms with Crippen molar-refractivity contribution in [1.29, 1.82) is 0 Å². The van der Waals surface area contributed by atoms with E-state index in [4.69, 9.17) is 0 Å². The Morgan fingerprint density at radius 2 is 2.20 bits per heavy atom. The first-order valence-corrected chi connectivity index (χ1v) is 6.80. The molecule has 0 fully saturated rings. The third-order valence-electron chi connectivity index (χ3n) is 2.43. The van der Waals surface area contributed by atoms with Crippen LogP contribution in [0.25, 0.3) is 0 Å². The van der Waals surface area contributed by atoms with Crippen molar-refractivity contribution in [2.45, 2.75) is 33.6 Å². The van der Waals surface area contributed by atoms with Crippen molar-refractivity contribution in [2.24, 2.45) is 0 Å². The molecule has 0 aromatic carbocycles. The van der Waals surface area contributed by atoms with Gasteiger partial charge in [0.2, 0.25) is 0 Å². The Morgan fingerprint density at radius 3 is 2.80 bits per heavy atom. The Labute approximate surface area is 96.4 Å². The molecule has 1 aromatic rings. The summed E-state index contributed by atoms with van der Waals surface area (Å²) in [5, 5.41) is 10.7. The summed E-state index contributed by atoms with van der Waals surface area (Å²) in [5.41, 5.74) is 2.50. The first-order chi connectivity index (χ1) is 7.29. The molecule has 0 atom stereocenters. The predicted molar refractivity (Wildman–Crippen MR) is 68.8 cm³/mol. The fourth-order valence-corrected chi connectivity index (χ4v) is 2.11. The quantitative estimate of drug-likeness (QED) is 0.704. The molecule has 15 heavy (non-hydrogen) atoms. The molecular formula is C11H21N3S. The van der Waals surface area contributed by atoms with Crippen LogP contribution in [0, 0.1) is 6.92 Å². The zero-order valence-electron chi connectivity index (χ0n) is 9.89. The third-order valence-corrected chi connectivity index (χ3v) is 3.41. The third kappa shape index (κ3) is 3.78. The summed E-state index contributed by atoms with van der Waals surface area (Å²) < 4.78 is 0. The molecule has 0 spiro atoms. The number of aryl methyl sites for hydroxylation is 1. The lowest BCUT2D eigenvalue weighted by Crippen LogP contribution is -2.04. The molecule has 1 heterocycles. The molecule has 0 aliphatic heterocycles. The Morgan fingerprint density at radius 1 is 1.40 bits per heavy atom. The SMILES string of the molecule is CCSCCCNc1n[nH]c(CC)c1C. The Bertz CT molecular complexity index is 283. The molecule has 0 amide bonds. The molecule has 1 rings (SSSR count). The Kier molecular flexibility index (Phi) is 5.61. The minimum absolute atomic E-state index is 1.02. The number of hydrogen-bond acceptors (Lipinski definition) is 3. The summed E-state index contributed by atoms with van der Waals surface area (Å²) in [5.74, 6) is 3.46. The lowest BCUT2D eigenvalue weighted by Gasteiger charge is -2.03. The van der Waals surface area contributed by atoms with Crippen molar-refractivity contribution < 1.29 is 0 Å². The van der Waals surface area contributed by atoms with Crippen LogP contribution in [0.3, 0.4) is 0 Å². The minimum atomic E-state index is 1.02. The van der Waals surface area contributed by atoms with Crippen LogP contribution in [0.5, 0.6) is 0 Å². The number of H-pyrrole nitrogens is 1. The van der Waals surface area contributed by atoms with Gasteiger partial charge in [-0.05, 0) is 31.3 Å². The number of anilines is 1. The lowest BCUT2D eigenvalue weighted by molar-refractivity contribution is 0.951. The van der Waals surface area contributed by atoms with Crippen molar-refractivity contribution in [3.8, 4) is 0 Å². The van der Waals surface area contributed by atoms with Gasteiger partial charge in [-0.25, -0.2) is 0 Å². The summed E-state index contributed by atoms with van der Waals surface area (Å²) in [4.78, 5) is 0. The topological polar surface area (TPSA) is 40.7 Å². The standard InChI is InChI=1S/C11H21N3S/c1-4-10-9(3)11(14-13-10)12-7-6-8-15-5-2/h4-8H2,1-3H3,(H2,12,13,14). The number of hydrogen-bond donors (Lipinski definition) is 2. The van der Waals surface area contributed by atoms with Gasteiger partial charge < -0.3 is 5.32 Å². The van der Waals surface area contributed by atoms with Gasteiger partial charge in [-0.1, -0.05) is 13.8 Å². The zero-order valence-corrected chi connectivity index (χ0v) is 10.7. The molecule has 2 N–H and O–H groups in total. The van der Waals surface area contributed by atoms with Gasteiger partial charge in [0.15, 0.2) is 5.82 Å². The molecule has 0 saturated heterocycles. The van der Waals surface area contributed by atoms with Gasteiger partial charge >= 0.3 is 0 Å². The average molecular weight is 227 g/mol. The summed E-state index contributed by atoms with van der Waals surface area (Å²) in [6.45, 7) is 7.47. The molecule has 0 radical (unpaired) electrons. The van der Waals surface area contributed by atoms with Gasteiger partial charge in [-0.3, -0.25) is 5.10 Å². The Hall–Kier alpha value is -0.640. The summed E-state index contributed by atoms with van der Waals surface area (Å²) >= 11 is 1.99. The smallest absolute Gasteiger partial charge is 0.150 e. The molecule has 0 unspecified atom stereocenters. The van der Waals surface area contributed by atoms with Crippen LogP contribution in [0.2, 0.25) is 0 Å². The molecule has 0 aliphatic carbocycles. The highest BCUT2D eigenvalue weighted by molar-refractivity contribution is 7.99. The van der Waals surface area contributed by atoms with E-state index >= 15 is 0 Å². The van der Waals surface area contributed by atoms with Gasteiger partial charge in [-0.2, -0.15) is 16.9 Å². The van der Waals surface area contributed by atoms with Crippen LogP contribution in [-0.4, -0.2) is 28.2 Å². The van der Waals surface area contributed by atoms with Crippen LogP contribution in [-0.2, 0) is 6.42 Å². The van der Waals surface area contributed by atoms with Crippen molar-refractivity contribution in [1.82, 2.24) is 10.2 Å². The Balaban J connectivity index is 2.28. The second kappa shape index (κ2) is 6.77. The van der Waals surface area contributed by atoms with E-state index in [1.54, 1.807) is 0 Å². The monoisotopic (exact) mass is 227 g/mol. The van der Waals surface area contributed by atoms with Gasteiger partial charge in [-0.15, -0.1) is 0 Å². The highest BCUT2D eigenvalue weighted by Gasteiger charge is 2.05. The summed E-state index contributed by atoms with van der Waals surface area (Å²) in [6.07, 6.45) is 2.22. The van der Waals surface area contributed by atoms with Gasteiger partial charge in [0.25, 0.3) is 0 Å². The number of aromatic nitrogens is 2. The molecule has 0 saturated carbocycles. The largest absolute Gasteiger partial charge is 0.368 e. The fourth-order valence-electron chi connectivity index (χ4n) is 1.48. The average Bonchev–Trinajstić information content (AvgIpc) is 2.60. The van der Waals surface area contributed by atoms with Crippen LogP contribution < -0.4 is 5.32 Å². The number of thioether (sulfide) groups is 1. The normalized spacial score (nSPS) is 10.6. The van der Waals surface area contributed by atoms with Crippen LogP contribution in [0.1, 0.15) is 31.5 Å². The zero-order chi connectivity index (χ0) is 11.1. The molecule has 0 bridgehead atoms. The molecule has 3 nitrogen and oxygen atoms in total. The maximum absolute atomic E-state index is 4.26. The van der Waals surface area contributed by atoms with Gasteiger partial charge in [0, 0.05) is 17.8 Å². The van der Waals surface area contributed by atoms with Gasteiger partial charge in [0.1, 0.15) is 0 Å². The van der Waals surface area contributed by atoms with E-state index in [0.29, 0.717) is 0 Å². The van der Waals surface area contributed by atoms with Crippen LogP contribution >= 0.6 is 11.8 Å². The maximum Gasteiger partial charge on any atom is 0.150 e. The fraction of sp³-hybridized carbons (Fsp3) is 0.727. The van der Waals surface area contributed by atoms with E-state index in [2.05, 4.69) is 36.3 Å². The second-order valence-electron chi connectivity index (χ2n) is 3.51. The maximum atomic E-state index is 4.26. The molecule has 86 valence electrons. The van der Waals surface area contributed by atoms with Crippen LogP contribution in [0.4, 0.5) is 5.82 Å². The highest BCUT2D eigenvalue weighted by Crippen LogP contribution is 2.15. The van der Waals surface area contributed by atoms with Crippen molar-refractivity contribution in [3.63, 3.8) is 0 Å². The van der Waals surface area contributed by atoms with E-state index in [-0.39, 0.29) is 0 Å².